The Labute approximate surface area is 197 Å². The van der Waals surface area contributed by atoms with Crippen LogP contribution in [0.4, 0.5) is 4.39 Å². The molecule has 3 aromatic rings. The molecule has 7 nitrogen and oxygen atoms in total. The first-order chi connectivity index (χ1) is 16.3. The van der Waals surface area contributed by atoms with E-state index in [-0.39, 0.29) is 30.6 Å². The number of hydrogen-bond acceptors (Lipinski definition) is 6. The van der Waals surface area contributed by atoms with Crippen molar-refractivity contribution >= 4 is 9.84 Å². The molecule has 178 valence electrons. The third-order valence-electron chi connectivity index (χ3n) is 5.57. The van der Waals surface area contributed by atoms with E-state index in [1.54, 1.807) is 60.3 Å². The summed E-state index contributed by atoms with van der Waals surface area (Å²) in [5.74, 6) is 6.51. The summed E-state index contributed by atoms with van der Waals surface area (Å²) in [4.78, 5) is 4.10. The molecule has 0 aliphatic carbocycles. The number of sulfone groups is 1. The van der Waals surface area contributed by atoms with Crippen LogP contribution in [0.25, 0.3) is 11.1 Å². The van der Waals surface area contributed by atoms with Crippen molar-refractivity contribution < 1.29 is 27.8 Å². The van der Waals surface area contributed by atoms with Crippen LogP contribution >= 0.6 is 0 Å². The second kappa shape index (κ2) is 9.97. The molecule has 2 atom stereocenters. The summed E-state index contributed by atoms with van der Waals surface area (Å²) >= 11 is 0. The minimum Gasteiger partial charge on any atom is -0.493 e. The van der Waals surface area contributed by atoms with Gasteiger partial charge in [0.15, 0.2) is 9.84 Å². The van der Waals surface area contributed by atoms with Crippen LogP contribution in [0.15, 0.2) is 54.9 Å². The predicted octanol–water partition coefficient (Wildman–Crippen LogP) is 2.75. The van der Waals surface area contributed by atoms with Crippen LogP contribution in [0.3, 0.4) is 0 Å². The van der Waals surface area contributed by atoms with Gasteiger partial charge in [0.1, 0.15) is 29.5 Å². The number of benzene rings is 2. The highest BCUT2D eigenvalue weighted by molar-refractivity contribution is 7.92. The third kappa shape index (κ3) is 5.47. The Hall–Kier alpha value is -3.19. The van der Waals surface area contributed by atoms with Gasteiger partial charge in [0.25, 0.3) is 0 Å². The van der Waals surface area contributed by atoms with E-state index in [1.807, 2.05) is 0 Å². The number of aliphatic hydroxyl groups is 2. The SMILES string of the molecule is C[C@H](O)c1nccn1[C@@H](C#Cc1ccc(-c2ccc(OCC3CS(=O)(=O)C3)cc2F)cc1)CO. The average molecular weight is 485 g/mol. The standard InChI is InChI=1S/C25H25FN2O5S/c1-17(30)25-27-10-11-28(25)21(13-29)7-4-18-2-5-20(6-3-18)23-9-8-22(12-24(23)26)33-14-19-15-34(31,32)16-19/h2-3,5-6,8-12,17,19,21,29-30H,13-16H2,1H3/t17-,21-/m0/s1. The van der Waals surface area contributed by atoms with Gasteiger partial charge in [0, 0.05) is 35.5 Å². The molecule has 0 bridgehead atoms. The monoisotopic (exact) mass is 484 g/mol. The molecular formula is C25H25FN2O5S. The topological polar surface area (TPSA) is 102 Å². The van der Waals surface area contributed by atoms with Crippen LogP contribution in [0.2, 0.25) is 0 Å². The summed E-state index contributed by atoms with van der Waals surface area (Å²) in [6.07, 6.45) is 2.42. The zero-order chi connectivity index (χ0) is 24.3. The molecule has 1 aliphatic heterocycles. The largest absolute Gasteiger partial charge is 0.493 e. The van der Waals surface area contributed by atoms with E-state index >= 15 is 0 Å². The minimum absolute atomic E-state index is 0.0424. The number of imidazole rings is 1. The highest BCUT2D eigenvalue weighted by atomic mass is 32.2. The Balaban J connectivity index is 1.43. The van der Waals surface area contributed by atoms with Crippen molar-refractivity contribution in [3.05, 3.63) is 72.1 Å². The summed E-state index contributed by atoms with van der Waals surface area (Å²) in [6.45, 7) is 1.60. The fraction of sp³-hybridized carbons (Fsp3) is 0.320. The molecule has 2 aromatic carbocycles. The molecule has 2 heterocycles. The highest BCUT2D eigenvalue weighted by Crippen LogP contribution is 2.28. The molecule has 0 amide bonds. The first kappa shape index (κ1) is 24.0. The second-order valence-corrected chi connectivity index (χ2v) is 10.5. The van der Waals surface area contributed by atoms with Crippen molar-refractivity contribution in [2.24, 2.45) is 5.92 Å². The lowest BCUT2D eigenvalue weighted by Crippen LogP contribution is -2.39. The van der Waals surface area contributed by atoms with E-state index in [9.17, 15) is 23.0 Å². The van der Waals surface area contributed by atoms with Crippen LogP contribution in [-0.2, 0) is 9.84 Å². The Kier molecular flexibility index (Phi) is 7.03. The zero-order valence-electron chi connectivity index (χ0n) is 18.6. The molecule has 1 saturated heterocycles. The van der Waals surface area contributed by atoms with E-state index in [0.717, 1.165) is 0 Å². The molecule has 0 radical (unpaired) electrons. The van der Waals surface area contributed by atoms with Crippen LogP contribution in [0.1, 0.15) is 30.5 Å². The summed E-state index contributed by atoms with van der Waals surface area (Å²) in [6, 6.07) is 11.1. The van der Waals surface area contributed by atoms with Crippen LogP contribution < -0.4 is 4.74 Å². The maximum atomic E-state index is 14.7. The van der Waals surface area contributed by atoms with Gasteiger partial charge in [-0.05, 0) is 36.8 Å². The second-order valence-electron chi connectivity index (χ2n) is 8.31. The fourth-order valence-electron chi connectivity index (χ4n) is 3.81. The van der Waals surface area contributed by atoms with Crippen LogP contribution in [0, 0.1) is 23.6 Å². The van der Waals surface area contributed by atoms with Crippen molar-refractivity contribution in [2.75, 3.05) is 24.7 Å². The molecule has 1 fully saturated rings. The average Bonchev–Trinajstić information content (AvgIpc) is 3.27. The number of rotatable bonds is 7. The predicted molar refractivity (Wildman–Crippen MR) is 125 cm³/mol. The van der Waals surface area contributed by atoms with Crippen molar-refractivity contribution in [3.8, 4) is 28.7 Å². The smallest absolute Gasteiger partial charge is 0.151 e. The maximum Gasteiger partial charge on any atom is 0.151 e. The number of nitrogens with zero attached hydrogens (tertiary/aromatic N) is 2. The van der Waals surface area contributed by atoms with Crippen molar-refractivity contribution in [1.82, 2.24) is 9.55 Å². The first-order valence-corrected chi connectivity index (χ1v) is 12.6. The Bertz CT molecular complexity index is 1310. The van der Waals surface area contributed by atoms with E-state index in [2.05, 4.69) is 16.8 Å². The molecule has 2 N–H and O–H groups in total. The summed E-state index contributed by atoms with van der Waals surface area (Å²) in [5.41, 5.74) is 1.77. The van der Waals surface area contributed by atoms with Gasteiger partial charge in [-0.2, -0.15) is 0 Å². The Morgan fingerprint density at radius 1 is 1.24 bits per heavy atom. The number of hydrogen-bond donors (Lipinski definition) is 2. The molecule has 0 saturated carbocycles. The highest BCUT2D eigenvalue weighted by Gasteiger charge is 2.33. The zero-order valence-corrected chi connectivity index (χ0v) is 19.4. The van der Waals surface area contributed by atoms with Gasteiger partial charge in [0.05, 0.1) is 24.7 Å². The Morgan fingerprint density at radius 3 is 2.59 bits per heavy atom. The molecular weight excluding hydrogens is 459 g/mol. The summed E-state index contributed by atoms with van der Waals surface area (Å²) in [5, 5.41) is 19.5. The van der Waals surface area contributed by atoms with E-state index in [0.29, 0.717) is 28.3 Å². The number of ether oxygens (including phenoxy) is 1. The van der Waals surface area contributed by atoms with Crippen molar-refractivity contribution in [2.45, 2.75) is 19.1 Å². The molecule has 4 rings (SSSR count). The van der Waals surface area contributed by atoms with Gasteiger partial charge >= 0.3 is 0 Å². The van der Waals surface area contributed by atoms with Gasteiger partial charge in [0.2, 0.25) is 0 Å². The Morgan fingerprint density at radius 2 is 1.97 bits per heavy atom. The van der Waals surface area contributed by atoms with Crippen molar-refractivity contribution in [1.29, 1.82) is 0 Å². The normalized spacial score (nSPS) is 16.7. The van der Waals surface area contributed by atoms with Crippen LogP contribution in [0.5, 0.6) is 5.75 Å². The molecule has 1 aromatic heterocycles. The molecule has 1 aliphatic rings. The third-order valence-corrected chi connectivity index (χ3v) is 7.52. The number of aliphatic hydroxyl groups excluding tert-OH is 2. The minimum atomic E-state index is -2.91. The van der Waals surface area contributed by atoms with Gasteiger partial charge < -0.3 is 19.5 Å². The van der Waals surface area contributed by atoms with Gasteiger partial charge in [-0.25, -0.2) is 17.8 Å². The fourth-order valence-corrected chi connectivity index (χ4v) is 5.35. The lowest BCUT2D eigenvalue weighted by molar-refractivity contribution is 0.176. The molecule has 9 heteroatoms. The maximum absolute atomic E-state index is 14.7. The van der Waals surface area contributed by atoms with Gasteiger partial charge in [-0.1, -0.05) is 24.0 Å². The molecule has 0 unspecified atom stereocenters. The van der Waals surface area contributed by atoms with E-state index in [4.69, 9.17) is 4.74 Å². The van der Waals surface area contributed by atoms with Crippen molar-refractivity contribution in [3.63, 3.8) is 0 Å². The van der Waals surface area contributed by atoms with Gasteiger partial charge in [-0.3, -0.25) is 0 Å². The van der Waals surface area contributed by atoms with Crippen LogP contribution in [-0.4, -0.2) is 52.9 Å². The summed E-state index contributed by atoms with van der Waals surface area (Å²) in [7, 11) is -2.91. The lowest BCUT2D eigenvalue weighted by atomic mass is 10.0. The lowest BCUT2D eigenvalue weighted by Gasteiger charge is -2.25. The molecule has 34 heavy (non-hydrogen) atoms. The number of halogens is 1. The number of aromatic nitrogens is 2. The summed E-state index contributed by atoms with van der Waals surface area (Å²) < 4.78 is 44.3. The van der Waals surface area contributed by atoms with E-state index < -0.39 is 27.8 Å². The molecule has 0 spiro atoms. The quantitative estimate of drug-likeness (QED) is 0.500. The van der Waals surface area contributed by atoms with E-state index in [1.165, 1.54) is 6.07 Å². The first-order valence-electron chi connectivity index (χ1n) is 10.8. The van der Waals surface area contributed by atoms with Gasteiger partial charge in [-0.15, -0.1) is 0 Å².